The molecular formula is C23H23ClFN7O. The monoisotopic (exact) mass is 467 g/mol. The van der Waals surface area contributed by atoms with Crippen LogP contribution in [0.1, 0.15) is 44.0 Å². The highest BCUT2D eigenvalue weighted by molar-refractivity contribution is 6.30. The number of aromatic nitrogens is 6. The van der Waals surface area contributed by atoms with E-state index in [1.807, 2.05) is 20.0 Å². The topological polar surface area (TPSA) is 82.6 Å². The third-order valence-electron chi connectivity index (χ3n) is 5.90. The first-order chi connectivity index (χ1) is 15.8. The van der Waals surface area contributed by atoms with E-state index in [1.165, 1.54) is 12.1 Å². The molecule has 0 atom stereocenters. The van der Waals surface area contributed by atoms with Gasteiger partial charge in [0.15, 0.2) is 0 Å². The van der Waals surface area contributed by atoms with Crippen molar-refractivity contribution in [3.63, 3.8) is 0 Å². The maximum atomic E-state index is 14.3. The summed E-state index contributed by atoms with van der Waals surface area (Å²) < 4.78 is 19.1. The normalized spacial score (nSPS) is 14.6. The van der Waals surface area contributed by atoms with Gasteiger partial charge in [-0.15, -0.1) is 0 Å². The minimum Gasteiger partial charge on any atom is -0.343 e. The van der Waals surface area contributed by atoms with Crippen molar-refractivity contribution in [2.45, 2.75) is 38.1 Å². The van der Waals surface area contributed by atoms with Crippen LogP contribution in [-0.2, 0) is 12.6 Å². The zero-order chi connectivity index (χ0) is 23.3. The van der Waals surface area contributed by atoms with E-state index in [2.05, 4.69) is 20.3 Å². The van der Waals surface area contributed by atoms with E-state index >= 15 is 0 Å². The zero-order valence-electron chi connectivity index (χ0n) is 18.5. The van der Waals surface area contributed by atoms with Gasteiger partial charge < -0.3 is 14.5 Å². The van der Waals surface area contributed by atoms with E-state index in [9.17, 15) is 9.18 Å². The molecule has 1 aliphatic carbocycles. The van der Waals surface area contributed by atoms with Crippen LogP contribution in [-0.4, -0.2) is 28.7 Å². The SMILES string of the molecule is CC(C)c1cn(C)c(=O)n1-c1ccnc(NC2(c3cn(-c4cc(Cl)ccc4F)cn3)CC2)n1. The molecule has 4 aromatic rings. The van der Waals surface area contributed by atoms with Crippen molar-refractivity contribution in [2.24, 2.45) is 7.05 Å². The zero-order valence-corrected chi connectivity index (χ0v) is 19.2. The van der Waals surface area contributed by atoms with Crippen LogP contribution in [0.2, 0.25) is 5.02 Å². The standard InChI is InChI=1S/C23H23ClFN7O/c1-14(2)18-11-30(3)22(33)32(18)20-6-9-26-21(28-20)29-23(7-8-23)19-12-31(13-27-19)17-10-15(24)4-5-16(17)25/h4-6,9-14H,7-8H2,1-3H3,(H,26,28,29). The Morgan fingerprint density at radius 3 is 2.70 bits per heavy atom. The van der Waals surface area contributed by atoms with Crippen LogP contribution in [0.4, 0.5) is 10.3 Å². The quantitative estimate of drug-likeness (QED) is 0.460. The number of nitrogens with one attached hydrogen (secondary N) is 1. The molecule has 10 heteroatoms. The van der Waals surface area contributed by atoms with E-state index in [-0.39, 0.29) is 17.4 Å². The summed E-state index contributed by atoms with van der Waals surface area (Å²) in [5.41, 5.74) is 1.36. The van der Waals surface area contributed by atoms with E-state index in [4.69, 9.17) is 11.6 Å². The fourth-order valence-corrected chi connectivity index (χ4v) is 4.09. The Labute approximate surface area is 194 Å². The van der Waals surface area contributed by atoms with Gasteiger partial charge in [-0.05, 0) is 37.0 Å². The van der Waals surface area contributed by atoms with Crippen LogP contribution in [0.15, 0.2) is 54.0 Å². The minimum absolute atomic E-state index is 0.149. The molecule has 3 heterocycles. The van der Waals surface area contributed by atoms with Crippen LogP contribution >= 0.6 is 11.6 Å². The van der Waals surface area contributed by atoms with Crippen molar-refractivity contribution in [1.82, 2.24) is 28.7 Å². The first-order valence-electron chi connectivity index (χ1n) is 10.7. The summed E-state index contributed by atoms with van der Waals surface area (Å²) in [6.07, 6.45) is 8.48. The summed E-state index contributed by atoms with van der Waals surface area (Å²) in [5, 5.41) is 3.83. The maximum absolute atomic E-state index is 14.3. The summed E-state index contributed by atoms with van der Waals surface area (Å²) in [5.74, 6) is 0.672. The van der Waals surface area contributed by atoms with Crippen LogP contribution in [0.5, 0.6) is 0 Å². The molecule has 0 aliphatic heterocycles. The van der Waals surface area contributed by atoms with E-state index in [0.717, 1.165) is 24.2 Å². The molecule has 0 spiro atoms. The lowest BCUT2D eigenvalue weighted by Gasteiger charge is -2.16. The molecule has 1 N–H and O–H groups in total. The van der Waals surface area contributed by atoms with Gasteiger partial charge >= 0.3 is 5.69 Å². The fourth-order valence-electron chi connectivity index (χ4n) is 3.92. The third kappa shape index (κ3) is 3.82. The van der Waals surface area contributed by atoms with Crippen molar-refractivity contribution in [1.29, 1.82) is 0 Å². The second-order valence-electron chi connectivity index (χ2n) is 8.65. The number of hydrogen-bond donors (Lipinski definition) is 1. The van der Waals surface area contributed by atoms with Crippen LogP contribution in [0, 0.1) is 5.82 Å². The van der Waals surface area contributed by atoms with Crippen molar-refractivity contribution in [3.8, 4) is 11.5 Å². The number of imidazole rings is 2. The van der Waals surface area contributed by atoms with Crippen molar-refractivity contribution in [2.75, 3.05) is 5.32 Å². The number of rotatable bonds is 6. The number of aryl methyl sites for hydroxylation is 1. The molecule has 8 nitrogen and oxygen atoms in total. The molecule has 0 unspecified atom stereocenters. The molecule has 1 fully saturated rings. The molecule has 0 saturated heterocycles. The van der Waals surface area contributed by atoms with E-state index in [1.54, 1.807) is 51.6 Å². The Hall–Kier alpha value is -3.46. The number of anilines is 1. The Balaban J connectivity index is 1.45. The van der Waals surface area contributed by atoms with Crippen LogP contribution in [0.25, 0.3) is 11.5 Å². The van der Waals surface area contributed by atoms with Gasteiger partial charge in [0.05, 0.1) is 23.2 Å². The first kappa shape index (κ1) is 21.4. The predicted octanol–water partition coefficient (Wildman–Crippen LogP) is 4.17. The third-order valence-corrected chi connectivity index (χ3v) is 6.13. The molecule has 0 bridgehead atoms. The van der Waals surface area contributed by atoms with E-state index in [0.29, 0.717) is 22.5 Å². The lowest BCUT2D eigenvalue weighted by Crippen LogP contribution is -2.25. The molecule has 1 aliphatic rings. The average Bonchev–Trinajstić information content (AvgIpc) is 3.25. The maximum Gasteiger partial charge on any atom is 0.333 e. The molecule has 170 valence electrons. The van der Waals surface area contributed by atoms with Gasteiger partial charge in [-0.1, -0.05) is 25.4 Å². The Kier molecular flexibility index (Phi) is 5.08. The average molecular weight is 468 g/mol. The molecular weight excluding hydrogens is 445 g/mol. The molecule has 3 aromatic heterocycles. The van der Waals surface area contributed by atoms with Gasteiger partial charge in [0.1, 0.15) is 11.6 Å². The van der Waals surface area contributed by atoms with Gasteiger partial charge in [0, 0.05) is 42.4 Å². The van der Waals surface area contributed by atoms with Crippen molar-refractivity contribution >= 4 is 17.5 Å². The second kappa shape index (κ2) is 7.84. The molecule has 1 aromatic carbocycles. The largest absolute Gasteiger partial charge is 0.343 e. The lowest BCUT2D eigenvalue weighted by atomic mass is 10.1. The highest BCUT2D eigenvalue weighted by Gasteiger charge is 2.47. The van der Waals surface area contributed by atoms with Crippen LogP contribution in [0.3, 0.4) is 0 Å². The summed E-state index contributed by atoms with van der Waals surface area (Å²) in [6, 6.07) is 6.12. The number of hydrogen-bond acceptors (Lipinski definition) is 5. The van der Waals surface area contributed by atoms with Gasteiger partial charge in [0.25, 0.3) is 0 Å². The van der Waals surface area contributed by atoms with Gasteiger partial charge in [-0.2, -0.15) is 4.98 Å². The molecule has 1 saturated carbocycles. The number of benzene rings is 1. The van der Waals surface area contributed by atoms with Gasteiger partial charge in [-0.3, -0.25) is 0 Å². The highest BCUT2D eigenvalue weighted by atomic mass is 35.5. The van der Waals surface area contributed by atoms with Crippen molar-refractivity contribution in [3.05, 3.63) is 81.9 Å². The van der Waals surface area contributed by atoms with Gasteiger partial charge in [-0.25, -0.2) is 23.7 Å². The fraction of sp³-hybridized carbons (Fsp3) is 0.304. The summed E-state index contributed by atoms with van der Waals surface area (Å²) >= 11 is 6.04. The minimum atomic E-state index is -0.443. The molecule has 0 amide bonds. The molecule has 0 radical (unpaired) electrons. The number of halogens is 2. The van der Waals surface area contributed by atoms with E-state index < -0.39 is 5.54 Å². The Bertz CT molecular complexity index is 1400. The van der Waals surface area contributed by atoms with Gasteiger partial charge in [0.2, 0.25) is 5.95 Å². The Morgan fingerprint density at radius 2 is 1.97 bits per heavy atom. The predicted molar refractivity (Wildman–Crippen MR) is 124 cm³/mol. The van der Waals surface area contributed by atoms with Crippen LogP contribution < -0.4 is 11.0 Å². The summed E-state index contributed by atoms with van der Waals surface area (Å²) in [6.45, 7) is 4.06. The highest BCUT2D eigenvalue weighted by Crippen LogP contribution is 2.47. The molecule has 5 rings (SSSR count). The second-order valence-corrected chi connectivity index (χ2v) is 9.08. The van der Waals surface area contributed by atoms with Crippen molar-refractivity contribution < 1.29 is 4.39 Å². The number of nitrogens with zero attached hydrogens (tertiary/aromatic N) is 6. The lowest BCUT2D eigenvalue weighted by molar-refractivity contribution is 0.618. The smallest absolute Gasteiger partial charge is 0.333 e. The Morgan fingerprint density at radius 1 is 1.18 bits per heavy atom. The molecule has 33 heavy (non-hydrogen) atoms. The summed E-state index contributed by atoms with van der Waals surface area (Å²) in [7, 11) is 1.73. The first-order valence-corrected chi connectivity index (χ1v) is 11.0. The summed E-state index contributed by atoms with van der Waals surface area (Å²) in [4.78, 5) is 26.2.